The van der Waals surface area contributed by atoms with Gasteiger partial charge in [-0.15, -0.1) is 0 Å². The van der Waals surface area contributed by atoms with Crippen LogP contribution in [0.5, 0.6) is 0 Å². The van der Waals surface area contributed by atoms with E-state index in [4.69, 9.17) is 16.0 Å². The zero-order valence-electron chi connectivity index (χ0n) is 15.6. The molecule has 0 atom stereocenters. The molecule has 0 unspecified atom stereocenters. The number of nitrogens with one attached hydrogen (secondary N) is 2. The van der Waals surface area contributed by atoms with E-state index in [9.17, 15) is 9.59 Å². The fraction of sp³-hybridized carbons (Fsp3) is 0.190. The summed E-state index contributed by atoms with van der Waals surface area (Å²) in [4.78, 5) is 27.8. The predicted molar refractivity (Wildman–Crippen MR) is 109 cm³/mol. The largest absolute Gasteiger partial charge is 0.441 e. The Morgan fingerprint density at radius 1 is 1.07 bits per heavy atom. The van der Waals surface area contributed by atoms with Crippen LogP contribution < -0.4 is 10.6 Å². The Hall–Kier alpha value is -3.12. The second-order valence-corrected chi connectivity index (χ2v) is 6.71. The molecule has 0 aliphatic carbocycles. The number of oxazole rings is 1. The topological polar surface area (TPSA) is 84.2 Å². The van der Waals surface area contributed by atoms with Crippen molar-refractivity contribution in [3.8, 4) is 11.3 Å². The summed E-state index contributed by atoms with van der Waals surface area (Å²) in [6.07, 6.45) is 2.18. The molecule has 2 N–H and O–H groups in total. The van der Waals surface area contributed by atoms with Gasteiger partial charge in [-0.2, -0.15) is 0 Å². The van der Waals surface area contributed by atoms with E-state index in [1.807, 2.05) is 25.1 Å². The predicted octanol–water partition coefficient (Wildman–Crippen LogP) is 4.83. The molecule has 0 saturated carbocycles. The lowest BCUT2D eigenvalue weighted by molar-refractivity contribution is -0.116. The van der Waals surface area contributed by atoms with Gasteiger partial charge in [-0.3, -0.25) is 9.59 Å². The average molecular weight is 398 g/mol. The van der Waals surface area contributed by atoms with Gasteiger partial charge in [-0.1, -0.05) is 29.8 Å². The van der Waals surface area contributed by atoms with Crippen molar-refractivity contribution in [2.45, 2.75) is 26.7 Å². The zero-order valence-corrected chi connectivity index (χ0v) is 16.3. The molecule has 0 radical (unpaired) electrons. The Labute approximate surface area is 167 Å². The minimum absolute atomic E-state index is 0.162. The van der Waals surface area contributed by atoms with E-state index in [2.05, 4.69) is 15.6 Å². The third-order valence-corrected chi connectivity index (χ3v) is 4.51. The van der Waals surface area contributed by atoms with Crippen molar-refractivity contribution in [1.29, 1.82) is 0 Å². The van der Waals surface area contributed by atoms with Gasteiger partial charge in [0, 0.05) is 36.7 Å². The monoisotopic (exact) mass is 397 g/mol. The standard InChI is InChI=1S/C21H20ClN3O3/c1-13-17(24-14(2)26)8-5-9-18(13)25-20(27)10-11-21-23-12-19(28-21)15-6-3-4-7-16(15)22/h3-9,12H,10-11H2,1-2H3,(H,24,26)(H,25,27). The Kier molecular flexibility index (Phi) is 6.11. The number of hydrogen-bond donors (Lipinski definition) is 2. The van der Waals surface area contributed by atoms with Gasteiger partial charge in [0.15, 0.2) is 11.7 Å². The SMILES string of the molecule is CC(=O)Nc1cccc(NC(=O)CCc2ncc(-c3ccccc3Cl)o2)c1C. The molecule has 0 bridgehead atoms. The maximum Gasteiger partial charge on any atom is 0.224 e. The van der Waals surface area contributed by atoms with Crippen molar-refractivity contribution in [3.63, 3.8) is 0 Å². The molecule has 0 aliphatic heterocycles. The molecule has 7 heteroatoms. The van der Waals surface area contributed by atoms with E-state index in [1.54, 1.807) is 30.5 Å². The molecule has 1 heterocycles. The summed E-state index contributed by atoms with van der Waals surface area (Å²) < 4.78 is 5.71. The molecule has 6 nitrogen and oxygen atoms in total. The first-order valence-electron chi connectivity index (χ1n) is 8.80. The fourth-order valence-corrected chi connectivity index (χ4v) is 2.97. The molecule has 3 rings (SSSR count). The van der Waals surface area contributed by atoms with E-state index in [-0.39, 0.29) is 18.2 Å². The number of hydrogen-bond acceptors (Lipinski definition) is 4. The molecule has 3 aromatic rings. The van der Waals surface area contributed by atoms with Gasteiger partial charge in [-0.05, 0) is 36.8 Å². The van der Waals surface area contributed by atoms with E-state index < -0.39 is 0 Å². The minimum atomic E-state index is -0.166. The van der Waals surface area contributed by atoms with Crippen LogP contribution in [0.2, 0.25) is 5.02 Å². The second kappa shape index (κ2) is 8.71. The molecule has 0 spiro atoms. The Morgan fingerprint density at radius 3 is 2.50 bits per heavy atom. The van der Waals surface area contributed by atoms with E-state index in [0.717, 1.165) is 11.1 Å². The highest BCUT2D eigenvalue weighted by molar-refractivity contribution is 6.33. The second-order valence-electron chi connectivity index (χ2n) is 6.31. The maximum atomic E-state index is 12.3. The Bertz CT molecular complexity index is 1010. The van der Waals surface area contributed by atoms with E-state index >= 15 is 0 Å². The number of carbonyl (C=O) groups is 2. The maximum absolute atomic E-state index is 12.3. The third-order valence-electron chi connectivity index (χ3n) is 4.18. The Morgan fingerprint density at radius 2 is 1.79 bits per heavy atom. The van der Waals surface area contributed by atoms with Crippen LogP contribution in [-0.2, 0) is 16.0 Å². The number of benzene rings is 2. The smallest absolute Gasteiger partial charge is 0.224 e. The van der Waals surface area contributed by atoms with Crippen molar-refractivity contribution < 1.29 is 14.0 Å². The Balaban J connectivity index is 1.61. The van der Waals surface area contributed by atoms with Crippen LogP contribution in [0.25, 0.3) is 11.3 Å². The van der Waals surface area contributed by atoms with Gasteiger partial charge < -0.3 is 15.1 Å². The summed E-state index contributed by atoms with van der Waals surface area (Å²) >= 11 is 6.17. The molecule has 28 heavy (non-hydrogen) atoms. The summed E-state index contributed by atoms with van der Waals surface area (Å²) in [5, 5.41) is 6.18. The molecule has 2 aromatic carbocycles. The lowest BCUT2D eigenvalue weighted by Crippen LogP contribution is -2.14. The van der Waals surface area contributed by atoms with Gasteiger partial charge in [0.2, 0.25) is 11.8 Å². The van der Waals surface area contributed by atoms with Gasteiger partial charge in [0.05, 0.1) is 11.2 Å². The number of nitrogens with zero attached hydrogens (tertiary/aromatic N) is 1. The van der Waals surface area contributed by atoms with Crippen LogP contribution in [0.15, 0.2) is 53.1 Å². The molecule has 0 saturated heterocycles. The molecule has 144 valence electrons. The number of rotatable bonds is 6. The van der Waals surface area contributed by atoms with Crippen molar-refractivity contribution in [1.82, 2.24) is 4.98 Å². The number of anilines is 2. The number of amides is 2. The minimum Gasteiger partial charge on any atom is -0.441 e. The molecule has 1 aromatic heterocycles. The van der Waals surface area contributed by atoms with Crippen molar-refractivity contribution in [2.24, 2.45) is 0 Å². The number of aromatic nitrogens is 1. The highest BCUT2D eigenvalue weighted by atomic mass is 35.5. The van der Waals surface area contributed by atoms with Crippen LogP contribution in [0.1, 0.15) is 24.8 Å². The third kappa shape index (κ3) is 4.78. The summed E-state index contributed by atoms with van der Waals surface area (Å²) in [6.45, 7) is 3.28. The molecule has 0 aliphatic rings. The van der Waals surface area contributed by atoms with Crippen LogP contribution in [-0.4, -0.2) is 16.8 Å². The van der Waals surface area contributed by atoms with E-state index in [1.165, 1.54) is 6.92 Å². The number of carbonyl (C=O) groups excluding carboxylic acids is 2. The zero-order chi connectivity index (χ0) is 20.1. The van der Waals surface area contributed by atoms with Crippen molar-refractivity contribution >= 4 is 34.8 Å². The lowest BCUT2D eigenvalue weighted by atomic mass is 10.1. The normalized spacial score (nSPS) is 10.5. The van der Waals surface area contributed by atoms with Crippen LogP contribution in [0.3, 0.4) is 0 Å². The summed E-state index contributed by atoms with van der Waals surface area (Å²) in [6, 6.07) is 12.7. The van der Waals surface area contributed by atoms with Gasteiger partial charge in [0.1, 0.15) is 0 Å². The average Bonchev–Trinajstić information content (AvgIpc) is 3.12. The number of halogens is 1. The fourth-order valence-electron chi connectivity index (χ4n) is 2.74. The summed E-state index contributed by atoms with van der Waals surface area (Å²) in [7, 11) is 0. The lowest BCUT2D eigenvalue weighted by Gasteiger charge is -2.12. The first kappa shape index (κ1) is 19.6. The quantitative estimate of drug-likeness (QED) is 0.623. The summed E-state index contributed by atoms with van der Waals surface area (Å²) in [5.41, 5.74) is 2.88. The first-order valence-corrected chi connectivity index (χ1v) is 9.18. The first-order chi connectivity index (χ1) is 13.4. The highest BCUT2D eigenvalue weighted by Crippen LogP contribution is 2.28. The number of aryl methyl sites for hydroxylation is 1. The molecular formula is C21H20ClN3O3. The molecule has 2 amide bonds. The van der Waals surface area contributed by atoms with Crippen LogP contribution in [0.4, 0.5) is 11.4 Å². The van der Waals surface area contributed by atoms with Crippen LogP contribution in [0, 0.1) is 6.92 Å². The van der Waals surface area contributed by atoms with E-state index in [0.29, 0.717) is 34.5 Å². The molecule has 0 fully saturated rings. The van der Waals surface area contributed by atoms with Crippen LogP contribution >= 0.6 is 11.6 Å². The van der Waals surface area contributed by atoms with Gasteiger partial charge in [-0.25, -0.2) is 4.98 Å². The highest BCUT2D eigenvalue weighted by Gasteiger charge is 2.12. The molecular weight excluding hydrogens is 378 g/mol. The van der Waals surface area contributed by atoms with Crippen molar-refractivity contribution in [3.05, 3.63) is 65.1 Å². The van der Waals surface area contributed by atoms with Gasteiger partial charge >= 0.3 is 0 Å². The summed E-state index contributed by atoms with van der Waals surface area (Å²) in [5.74, 6) is 0.707. The van der Waals surface area contributed by atoms with Crippen molar-refractivity contribution in [2.75, 3.05) is 10.6 Å². The van der Waals surface area contributed by atoms with Gasteiger partial charge in [0.25, 0.3) is 0 Å².